The summed E-state index contributed by atoms with van der Waals surface area (Å²) >= 11 is 0. The molecule has 0 aliphatic rings. The number of hydrogen-bond acceptors (Lipinski definition) is 9. The number of hydrogen-bond donors (Lipinski definition) is 1. The minimum atomic E-state index is -4.72. The molecule has 0 spiro atoms. The van der Waals surface area contributed by atoms with Crippen molar-refractivity contribution in [1.82, 2.24) is 19.5 Å². The molecular formula is C28H33F3N6O7S. The van der Waals surface area contributed by atoms with Gasteiger partial charge >= 0.3 is 12.1 Å². The predicted molar refractivity (Wildman–Crippen MR) is 153 cm³/mol. The van der Waals surface area contributed by atoms with Crippen LogP contribution in [0.2, 0.25) is 0 Å². The van der Waals surface area contributed by atoms with Crippen LogP contribution in [0.15, 0.2) is 64.8 Å². The number of amides is 1. The minimum Gasteiger partial charge on any atom is -0.569 e. The summed E-state index contributed by atoms with van der Waals surface area (Å²) in [5.74, 6) is -2.69. The first kappa shape index (κ1) is 34.8. The van der Waals surface area contributed by atoms with E-state index >= 15 is 0 Å². The molecule has 0 aliphatic heterocycles. The zero-order chi connectivity index (χ0) is 33.7. The molecule has 0 saturated carbocycles. The largest absolute Gasteiger partial charge is 0.569 e. The van der Waals surface area contributed by atoms with E-state index in [4.69, 9.17) is 4.74 Å². The Balaban J connectivity index is 1.81. The molecule has 3 rings (SSSR count). The first-order chi connectivity index (χ1) is 20.9. The highest BCUT2D eigenvalue weighted by atomic mass is 32.2. The maximum Gasteiger partial charge on any atom is 0.435 e. The van der Waals surface area contributed by atoms with Crippen LogP contribution in [-0.4, -0.2) is 59.9 Å². The summed E-state index contributed by atoms with van der Waals surface area (Å²) in [5, 5.41) is 20.1. The van der Waals surface area contributed by atoms with E-state index < -0.39 is 58.4 Å². The summed E-state index contributed by atoms with van der Waals surface area (Å²) in [5.41, 5.74) is 0.487. The van der Waals surface area contributed by atoms with Gasteiger partial charge in [-0.3, -0.25) is 9.59 Å². The van der Waals surface area contributed by atoms with Crippen molar-refractivity contribution in [3.05, 3.63) is 71.1 Å². The van der Waals surface area contributed by atoms with Crippen molar-refractivity contribution in [2.24, 2.45) is 17.1 Å². The van der Waals surface area contributed by atoms with Gasteiger partial charge in [0.2, 0.25) is 5.28 Å². The fraction of sp³-hybridized carbons (Fsp3) is 0.393. The molecule has 1 heterocycles. The highest BCUT2D eigenvalue weighted by Crippen LogP contribution is 2.33. The number of carbonyl (C=O) groups excluding carboxylic acids is 2. The number of nitrogens with one attached hydrogen (secondary N) is 1. The van der Waals surface area contributed by atoms with Crippen LogP contribution < -0.4 is 4.72 Å². The van der Waals surface area contributed by atoms with Gasteiger partial charge in [-0.15, -0.1) is 5.01 Å². The molecule has 0 saturated heterocycles. The quantitative estimate of drug-likeness (QED) is 0.0736. The molecular weight excluding hydrogens is 621 g/mol. The molecule has 17 heteroatoms. The Labute approximate surface area is 257 Å². The normalized spacial score (nSPS) is 13.1. The molecule has 3 aromatic rings. The molecule has 0 bridgehead atoms. The zero-order valence-corrected chi connectivity index (χ0v) is 26.1. The van der Waals surface area contributed by atoms with Crippen molar-refractivity contribution in [3.63, 3.8) is 0 Å². The molecule has 1 N–H and O–H groups in total. The fourth-order valence-corrected chi connectivity index (χ4v) is 5.05. The van der Waals surface area contributed by atoms with Gasteiger partial charge in [-0.05, 0) is 43.2 Å². The molecule has 1 aromatic heterocycles. The Morgan fingerprint density at radius 3 is 2.22 bits per heavy atom. The Bertz CT molecular complexity index is 1640. The van der Waals surface area contributed by atoms with Crippen molar-refractivity contribution in [2.75, 3.05) is 13.8 Å². The molecule has 45 heavy (non-hydrogen) atoms. The number of aromatic nitrogens is 2. The highest BCUT2D eigenvalue weighted by Gasteiger charge is 2.36. The number of alkyl halides is 3. The summed E-state index contributed by atoms with van der Waals surface area (Å²) in [7, 11) is -3.32. The number of rotatable bonds is 12. The molecule has 0 unspecified atom stereocenters. The molecule has 1 amide bonds. The van der Waals surface area contributed by atoms with Gasteiger partial charge in [0.25, 0.3) is 22.7 Å². The van der Waals surface area contributed by atoms with E-state index in [2.05, 4.69) is 15.2 Å². The van der Waals surface area contributed by atoms with E-state index in [0.717, 1.165) is 33.5 Å². The third kappa shape index (κ3) is 8.71. The maximum atomic E-state index is 13.5. The zero-order valence-electron chi connectivity index (χ0n) is 25.3. The lowest BCUT2D eigenvalue weighted by molar-refractivity contribution is -0.712. The summed E-state index contributed by atoms with van der Waals surface area (Å²) in [6.07, 6.45) is -4.72. The van der Waals surface area contributed by atoms with Crippen LogP contribution in [0.3, 0.4) is 0 Å². The number of likely N-dealkylation sites (N-methyl/N-ethyl adjacent to an activating group) is 1. The second kappa shape index (κ2) is 14.0. The number of carbonyl (C=O) groups is 2. The predicted octanol–water partition coefficient (Wildman–Crippen LogP) is 4.59. The van der Waals surface area contributed by atoms with Crippen LogP contribution in [0.25, 0.3) is 16.9 Å². The third-order valence-corrected chi connectivity index (χ3v) is 7.76. The van der Waals surface area contributed by atoms with Gasteiger partial charge in [0.1, 0.15) is 0 Å². The van der Waals surface area contributed by atoms with E-state index in [0.29, 0.717) is 5.56 Å². The highest BCUT2D eigenvalue weighted by molar-refractivity contribution is 7.90. The molecule has 1 atom stereocenters. The molecule has 0 aliphatic carbocycles. The van der Waals surface area contributed by atoms with Crippen LogP contribution in [0, 0.1) is 24.0 Å². The average Bonchev–Trinajstić information content (AvgIpc) is 3.41. The first-order valence-electron chi connectivity index (χ1n) is 13.5. The Kier molecular flexibility index (Phi) is 10.8. The third-order valence-electron chi connectivity index (χ3n) is 6.40. The number of ether oxygens (including phenoxy) is 1. The van der Waals surface area contributed by atoms with Crippen LogP contribution in [0.1, 0.15) is 39.0 Å². The standard InChI is InChI=1S/C28H33F3N6O7S/c1-17(2)25(35(6)37(40)34-44-16-43-27(39)18(3)4)26(38)33-45(41,42)22-13-11-21(12-14-22)36-23(15-24(32-36)28(29,30)31)20-9-7-19(5)8-10-20/h7-15,17-18,25H,16H2,1-6H3,(H,33,38)/b37-34-/t25-/m0/s1. The Morgan fingerprint density at radius 1 is 1.09 bits per heavy atom. The SMILES string of the molecule is Cc1ccc(-c2cc(C(F)(F)F)nn2-c2ccc(S(=O)(=O)NC(=O)[C@H](C(C)C)N(C)/[N+]([O-])=N/OCOC(=O)C(C)C)cc2)cc1. The van der Waals surface area contributed by atoms with Crippen LogP contribution >= 0.6 is 0 Å². The van der Waals surface area contributed by atoms with Gasteiger partial charge in [-0.25, -0.2) is 17.8 Å². The summed E-state index contributed by atoms with van der Waals surface area (Å²) < 4.78 is 74.5. The van der Waals surface area contributed by atoms with Crippen LogP contribution in [-0.2, 0) is 35.4 Å². The smallest absolute Gasteiger partial charge is 0.435 e. The maximum absolute atomic E-state index is 13.5. The summed E-state index contributed by atoms with van der Waals surface area (Å²) in [6.45, 7) is 7.48. The Hall–Kier alpha value is -4.67. The van der Waals surface area contributed by atoms with E-state index in [1.165, 1.54) is 19.2 Å². The van der Waals surface area contributed by atoms with Gasteiger partial charge in [0.15, 0.2) is 11.7 Å². The monoisotopic (exact) mass is 654 g/mol. The lowest BCUT2D eigenvalue weighted by Gasteiger charge is -2.25. The number of nitrogens with zero attached hydrogens (tertiary/aromatic N) is 5. The number of esters is 1. The van der Waals surface area contributed by atoms with Crippen molar-refractivity contribution in [2.45, 2.75) is 51.7 Å². The number of sulfonamides is 1. The summed E-state index contributed by atoms with van der Waals surface area (Å²) in [6, 6.07) is 11.0. The molecule has 0 fully saturated rings. The van der Waals surface area contributed by atoms with Gasteiger partial charge in [-0.2, -0.15) is 18.3 Å². The summed E-state index contributed by atoms with van der Waals surface area (Å²) in [4.78, 5) is 28.7. The second-order valence-corrected chi connectivity index (χ2v) is 12.3. The van der Waals surface area contributed by atoms with E-state index in [1.54, 1.807) is 52.0 Å². The van der Waals surface area contributed by atoms with Gasteiger partial charge in [0.05, 0.1) is 34.2 Å². The van der Waals surface area contributed by atoms with Crippen molar-refractivity contribution >= 4 is 21.9 Å². The second-order valence-electron chi connectivity index (χ2n) is 10.6. The van der Waals surface area contributed by atoms with Gasteiger partial charge in [-0.1, -0.05) is 57.5 Å². The van der Waals surface area contributed by atoms with Crippen molar-refractivity contribution < 1.29 is 45.7 Å². The molecule has 2 aromatic carbocycles. The number of halogens is 3. The number of aryl methyl sites for hydroxylation is 1. The minimum absolute atomic E-state index is 0.0974. The van der Waals surface area contributed by atoms with Crippen molar-refractivity contribution in [1.29, 1.82) is 0 Å². The fourth-order valence-electron chi connectivity index (χ4n) is 4.06. The lowest BCUT2D eigenvalue weighted by atomic mass is 10.0. The molecule has 13 nitrogen and oxygen atoms in total. The number of hydrazine groups is 1. The molecule has 0 radical (unpaired) electrons. The lowest BCUT2D eigenvalue weighted by Crippen LogP contribution is -2.51. The van der Waals surface area contributed by atoms with Crippen LogP contribution in [0.5, 0.6) is 0 Å². The first-order valence-corrected chi connectivity index (χ1v) is 15.0. The molecule has 244 valence electrons. The van der Waals surface area contributed by atoms with E-state index in [1.807, 2.05) is 11.6 Å². The Morgan fingerprint density at radius 2 is 1.69 bits per heavy atom. The van der Waals surface area contributed by atoms with Gasteiger partial charge in [0, 0.05) is 5.56 Å². The topological polar surface area (TPSA) is 158 Å². The number of benzene rings is 2. The average molecular weight is 655 g/mol. The van der Waals surface area contributed by atoms with Crippen molar-refractivity contribution in [3.8, 4) is 16.9 Å². The van der Waals surface area contributed by atoms with Crippen LogP contribution in [0.4, 0.5) is 13.2 Å². The van der Waals surface area contributed by atoms with Gasteiger partial charge < -0.3 is 14.8 Å². The van der Waals surface area contributed by atoms with E-state index in [-0.39, 0.29) is 21.2 Å². The van der Waals surface area contributed by atoms with E-state index in [9.17, 15) is 36.4 Å².